The first-order chi connectivity index (χ1) is 17.8. The van der Waals surface area contributed by atoms with E-state index in [1.807, 2.05) is 39.8 Å². The summed E-state index contributed by atoms with van der Waals surface area (Å²) in [4.78, 5) is 23.1. The van der Waals surface area contributed by atoms with Crippen molar-refractivity contribution in [1.29, 1.82) is 0 Å². The van der Waals surface area contributed by atoms with E-state index < -0.39 is 15.4 Å². The second kappa shape index (κ2) is 9.79. The number of hydrogen-bond acceptors (Lipinski definition) is 8. The van der Waals surface area contributed by atoms with Crippen LogP contribution in [0.4, 0.5) is 4.79 Å². The van der Waals surface area contributed by atoms with E-state index in [0.717, 1.165) is 42.6 Å². The summed E-state index contributed by atoms with van der Waals surface area (Å²) in [5, 5.41) is 0. The molecule has 10 heteroatoms. The molecule has 1 spiro atoms. The molecule has 3 aliphatic heterocycles. The van der Waals surface area contributed by atoms with Crippen LogP contribution >= 0.6 is 0 Å². The molecule has 0 N–H and O–H groups in total. The fourth-order valence-corrected chi connectivity index (χ4v) is 7.37. The number of sulfone groups is 1. The summed E-state index contributed by atoms with van der Waals surface area (Å²) in [6.45, 7) is 9.76. The highest BCUT2D eigenvalue weighted by Crippen LogP contribution is 2.40. The van der Waals surface area contributed by atoms with E-state index in [1.54, 1.807) is 17.3 Å². The van der Waals surface area contributed by atoms with Gasteiger partial charge in [0.15, 0.2) is 15.7 Å². The SMILES string of the molecule is CC1(CS(=O)(=O)Cc2cnc(-c3ccc4c(c3)CCC3(CCN(C(=O)OC(C)(C)C)CC3)O4)nc2)COC1. The highest BCUT2D eigenvalue weighted by atomic mass is 32.2. The Morgan fingerprint density at radius 3 is 2.39 bits per heavy atom. The lowest BCUT2D eigenvalue weighted by Crippen LogP contribution is -2.52. The standard InChI is InChI=1S/C28H37N3O6S/c1-26(2,3)37-25(32)31-11-9-28(10-12-31)8-7-21-13-22(5-6-23(21)36-28)24-29-14-20(15-30-24)16-38(33,34)19-27(4)17-35-18-27/h5-6,13-15H,7-12,16-19H2,1-4H3. The lowest BCUT2D eigenvalue weighted by molar-refractivity contribution is -0.0870. The molecule has 1 aromatic heterocycles. The number of nitrogens with zero attached hydrogens (tertiary/aromatic N) is 3. The number of aryl methyl sites for hydroxylation is 1. The summed E-state index contributed by atoms with van der Waals surface area (Å²) in [5.41, 5.74) is 1.50. The molecular weight excluding hydrogens is 506 g/mol. The van der Waals surface area contributed by atoms with Gasteiger partial charge in [-0.1, -0.05) is 6.92 Å². The number of fused-ring (bicyclic) bond motifs is 1. The van der Waals surface area contributed by atoms with Gasteiger partial charge in [-0.2, -0.15) is 0 Å². The first-order valence-electron chi connectivity index (χ1n) is 13.2. The van der Waals surface area contributed by atoms with Crippen molar-refractivity contribution < 1.29 is 27.4 Å². The third-order valence-electron chi connectivity index (χ3n) is 7.38. The summed E-state index contributed by atoms with van der Waals surface area (Å²) in [5.74, 6) is 1.45. The zero-order valence-corrected chi connectivity index (χ0v) is 23.5. The monoisotopic (exact) mass is 543 g/mol. The first-order valence-corrected chi connectivity index (χ1v) is 15.0. The van der Waals surface area contributed by atoms with Gasteiger partial charge in [-0.25, -0.2) is 23.2 Å². The molecular formula is C28H37N3O6S. The fraction of sp³-hybridized carbons (Fsp3) is 0.607. The molecule has 0 bridgehead atoms. The third-order valence-corrected chi connectivity index (χ3v) is 9.29. The van der Waals surface area contributed by atoms with Crippen molar-refractivity contribution in [2.24, 2.45) is 5.41 Å². The smallest absolute Gasteiger partial charge is 0.410 e. The van der Waals surface area contributed by atoms with E-state index in [4.69, 9.17) is 14.2 Å². The normalized spacial score (nSPS) is 20.3. The number of amides is 1. The van der Waals surface area contributed by atoms with Crippen LogP contribution in [0.5, 0.6) is 5.75 Å². The van der Waals surface area contributed by atoms with Crippen LogP contribution in [-0.2, 0) is 31.5 Å². The van der Waals surface area contributed by atoms with Crippen LogP contribution in [0.3, 0.4) is 0 Å². The number of benzene rings is 1. The topological polar surface area (TPSA) is 108 Å². The van der Waals surface area contributed by atoms with Crippen molar-refractivity contribution >= 4 is 15.9 Å². The average Bonchev–Trinajstić information content (AvgIpc) is 2.82. The van der Waals surface area contributed by atoms with Crippen LogP contribution in [0.25, 0.3) is 11.4 Å². The van der Waals surface area contributed by atoms with Gasteiger partial charge in [0.2, 0.25) is 0 Å². The van der Waals surface area contributed by atoms with Crippen molar-refractivity contribution in [2.45, 2.75) is 70.3 Å². The average molecular weight is 544 g/mol. The van der Waals surface area contributed by atoms with E-state index in [-0.39, 0.29) is 28.6 Å². The second-order valence-corrected chi connectivity index (χ2v) is 14.4. The number of ether oxygens (including phenoxy) is 3. The molecule has 9 nitrogen and oxygen atoms in total. The van der Waals surface area contributed by atoms with Gasteiger partial charge in [0.05, 0.1) is 24.7 Å². The summed E-state index contributed by atoms with van der Waals surface area (Å²) in [6, 6.07) is 5.97. The van der Waals surface area contributed by atoms with E-state index in [9.17, 15) is 13.2 Å². The minimum atomic E-state index is -3.28. The number of likely N-dealkylation sites (tertiary alicyclic amines) is 1. The van der Waals surface area contributed by atoms with Crippen LogP contribution in [0, 0.1) is 5.41 Å². The maximum Gasteiger partial charge on any atom is 0.410 e. The van der Waals surface area contributed by atoms with Crippen molar-refractivity contribution in [2.75, 3.05) is 32.1 Å². The maximum absolute atomic E-state index is 12.6. The van der Waals surface area contributed by atoms with E-state index in [0.29, 0.717) is 37.7 Å². The molecule has 0 unspecified atom stereocenters. The molecule has 38 heavy (non-hydrogen) atoms. The Morgan fingerprint density at radius 1 is 1.11 bits per heavy atom. The van der Waals surface area contributed by atoms with Crippen molar-refractivity contribution in [3.05, 3.63) is 41.7 Å². The molecule has 2 saturated heterocycles. The predicted octanol–water partition coefficient (Wildman–Crippen LogP) is 4.19. The fourth-order valence-electron chi connectivity index (χ4n) is 5.38. The Balaban J connectivity index is 1.20. The molecule has 5 rings (SSSR count). The highest BCUT2D eigenvalue weighted by molar-refractivity contribution is 7.90. The number of aromatic nitrogens is 2. The molecule has 2 aromatic rings. The summed E-state index contributed by atoms with van der Waals surface area (Å²) in [6.07, 6.45) is 6.23. The van der Waals surface area contributed by atoms with Crippen LogP contribution < -0.4 is 4.74 Å². The largest absolute Gasteiger partial charge is 0.487 e. The molecule has 0 saturated carbocycles. The molecule has 0 atom stereocenters. The second-order valence-electron chi connectivity index (χ2n) is 12.3. The van der Waals surface area contributed by atoms with Gasteiger partial charge in [0, 0.05) is 54.9 Å². The number of carbonyl (C=O) groups is 1. The molecule has 4 heterocycles. The number of rotatable bonds is 5. The summed E-state index contributed by atoms with van der Waals surface area (Å²) in [7, 11) is -3.28. The predicted molar refractivity (Wildman–Crippen MR) is 143 cm³/mol. The molecule has 1 amide bonds. The van der Waals surface area contributed by atoms with E-state index in [1.165, 1.54) is 0 Å². The third kappa shape index (κ3) is 6.12. The van der Waals surface area contributed by atoms with Gasteiger partial charge < -0.3 is 19.1 Å². The minimum Gasteiger partial charge on any atom is -0.487 e. The number of piperidine rings is 1. The van der Waals surface area contributed by atoms with Crippen molar-refractivity contribution in [1.82, 2.24) is 14.9 Å². The van der Waals surface area contributed by atoms with Gasteiger partial charge in [0.1, 0.15) is 17.0 Å². The van der Waals surface area contributed by atoms with Crippen LogP contribution in [0.15, 0.2) is 30.6 Å². The van der Waals surface area contributed by atoms with Gasteiger partial charge in [-0.15, -0.1) is 0 Å². The Kier molecular flexibility index (Phi) is 6.92. The zero-order chi connectivity index (χ0) is 27.2. The van der Waals surface area contributed by atoms with Crippen LogP contribution in [-0.4, -0.2) is 72.6 Å². The van der Waals surface area contributed by atoms with Gasteiger partial charge >= 0.3 is 6.09 Å². The molecule has 2 fully saturated rings. The summed E-state index contributed by atoms with van der Waals surface area (Å²) < 4.78 is 42.4. The lowest BCUT2D eigenvalue weighted by atomic mass is 9.83. The first kappa shape index (κ1) is 26.9. The van der Waals surface area contributed by atoms with Gasteiger partial charge in [0.25, 0.3) is 0 Å². The molecule has 3 aliphatic rings. The van der Waals surface area contributed by atoms with Gasteiger partial charge in [-0.05, 0) is 57.4 Å². The van der Waals surface area contributed by atoms with Crippen LogP contribution in [0.1, 0.15) is 58.1 Å². The highest BCUT2D eigenvalue weighted by Gasteiger charge is 2.41. The lowest BCUT2D eigenvalue weighted by Gasteiger charge is -2.44. The van der Waals surface area contributed by atoms with Crippen LogP contribution in [0.2, 0.25) is 0 Å². The van der Waals surface area contributed by atoms with E-state index in [2.05, 4.69) is 16.0 Å². The number of carbonyl (C=O) groups excluding carboxylic acids is 1. The molecule has 0 aliphatic carbocycles. The molecule has 206 valence electrons. The molecule has 0 radical (unpaired) electrons. The zero-order valence-electron chi connectivity index (χ0n) is 22.7. The number of hydrogen-bond donors (Lipinski definition) is 0. The Bertz CT molecular complexity index is 1290. The Hall–Kier alpha value is -2.72. The van der Waals surface area contributed by atoms with Crippen molar-refractivity contribution in [3.8, 4) is 17.1 Å². The molecule has 1 aromatic carbocycles. The Morgan fingerprint density at radius 2 is 1.79 bits per heavy atom. The quantitative estimate of drug-likeness (QED) is 0.553. The van der Waals surface area contributed by atoms with E-state index >= 15 is 0 Å². The maximum atomic E-state index is 12.6. The van der Waals surface area contributed by atoms with Crippen molar-refractivity contribution in [3.63, 3.8) is 0 Å². The van der Waals surface area contributed by atoms with Gasteiger partial charge in [-0.3, -0.25) is 0 Å². The minimum absolute atomic E-state index is 0.0751. The summed E-state index contributed by atoms with van der Waals surface area (Å²) >= 11 is 0. The Labute approximate surface area is 224 Å².